The fourth-order valence-corrected chi connectivity index (χ4v) is 4.50. The summed E-state index contributed by atoms with van der Waals surface area (Å²) >= 11 is 0. The maximum atomic E-state index is 13.9. The standard InChI is InChI=1S/C29H32F2N6O3/c1-3-19-7-6-8-20(11-19)16-32-17-27(39)25(14-21-12-22(30)15-23(31)13-21)34-29(40)28(33-18(2)38)37-26-10-5-4-9-24(26)35-36-37/h4-13,15,25,27-28,32,39H,3,14,16-17H2,1-2H3,(H,33,38)(H,34,40)/t25-,27+,28?/m0/s1. The van der Waals surface area contributed by atoms with E-state index < -0.39 is 41.8 Å². The predicted octanol–water partition coefficient (Wildman–Crippen LogP) is 2.78. The van der Waals surface area contributed by atoms with Gasteiger partial charge in [-0.25, -0.2) is 13.5 Å². The molecule has 0 bridgehead atoms. The van der Waals surface area contributed by atoms with Crippen LogP contribution in [0, 0.1) is 11.6 Å². The normalized spacial score (nSPS) is 13.5. The second-order valence-corrected chi connectivity index (χ2v) is 9.59. The van der Waals surface area contributed by atoms with Gasteiger partial charge in [0.25, 0.3) is 5.91 Å². The van der Waals surface area contributed by atoms with E-state index in [1.807, 2.05) is 18.2 Å². The van der Waals surface area contributed by atoms with E-state index in [0.29, 0.717) is 17.6 Å². The van der Waals surface area contributed by atoms with E-state index in [2.05, 4.69) is 39.3 Å². The fraction of sp³-hybridized carbons (Fsp3) is 0.310. The molecule has 9 nitrogen and oxygen atoms in total. The van der Waals surface area contributed by atoms with Crippen LogP contribution >= 0.6 is 0 Å². The summed E-state index contributed by atoms with van der Waals surface area (Å²) in [6.07, 6.45) is -1.60. The van der Waals surface area contributed by atoms with Crippen LogP contribution in [0.15, 0.2) is 66.7 Å². The lowest BCUT2D eigenvalue weighted by Crippen LogP contribution is -2.53. The number of aromatic nitrogens is 3. The summed E-state index contributed by atoms with van der Waals surface area (Å²) < 4.78 is 29.1. The van der Waals surface area contributed by atoms with Crippen molar-refractivity contribution < 1.29 is 23.5 Å². The Balaban J connectivity index is 1.55. The number of para-hydroxylation sites is 1. The number of halogens is 2. The zero-order chi connectivity index (χ0) is 28.6. The molecule has 3 atom stereocenters. The van der Waals surface area contributed by atoms with Gasteiger partial charge < -0.3 is 21.1 Å². The molecule has 2 amide bonds. The maximum absolute atomic E-state index is 13.9. The Kier molecular flexibility index (Phi) is 9.52. The van der Waals surface area contributed by atoms with Crippen LogP contribution in [0.5, 0.6) is 0 Å². The Bertz CT molecular complexity index is 1460. The molecule has 0 aliphatic heterocycles. The number of rotatable bonds is 12. The molecule has 0 saturated carbocycles. The Hall–Kier alpha value is -4.22. The number of carbonyl (C=O) groups excluding carboxylic acids is 2. The number of nitrogens with zero attached hydrogens (tertiary/aromatic N) is 3. The van der Waals surface area contributed by atoms with Crippen molar-refractivity contribution in [2.24, 2.45) is 0 Å². The van der Waals surface area contributed by atoms with Gasteiger partial charge in [-0.15, -0.1) is 5.10 Å². The lowest BCUT2D eigenvalue weighted by molar-refractivity contribution is -0.131. The highest BCUT2D eigenvalue weighted by molar-refractivity contribution is 5.87. The molecule has 3 aromatic carbocycles. The molecule has 210 valence electrons. The molecular formula is C29H32F2N6O3. The summed E-state index contributed by atoms with van der Waals surface area (Å²) in [5.74, 6) is -2.70. The zero-order valence-electron chi connectivity index (χ0n) is 22.3. The van der Waals surface area contributed by atoms with Crippen LogP contribution in [-0.4, -0.2) is 50.6 Å². The number of hydrogen-bond acceptors (Lipinski definition) is 6. The van der Waals surface area contributed by atoms with E-state index in [-0.39, 0.29) is 18.5 Å². The first kappa shape index (κ1) is 28.8. The summed E-state index contributed by atoms with van der Waals surface area (Å²) in [5.41, 5.74) is 3.50. The Morgan fingerprint density at radius 3 is 2.40 bits per heavy atom. The first-order chi connectivity index (χ1) is 19.2. The number of aryl methyl sites for hydroxylation is 1. The summed E-state index contributed by atoms with van der Waals surface area (Å²) in [6.45, 7) is 3.88. The summed E-state index contributed by atoms with van der Waals surface area (Å²) in [7, 11) is 0. The van der Waals surface area contributed by atoms with Crippen molar-refractivity contribution in [3.8, 4) is 0 Å². The van der Waals surface area contributed by atoms with E-state index in [0.717, 1.165) is 30.2 Å². The van der Waals surface area contributed by atoms with Crippen LogP contribution in [0.1, 0.15) is 36.7 Å². The van der Waals surface area contributed by atoms with Crippen molar-refractivity contribution >= 4 is 22.8 Å². The number of benzene rings is 3. The highest BCUT2D eigenvalue weighted by Crippen LogP contribution is 2.16. The molecule has 0 spiro atoms. The third-order valence-electron chi connectivity index (χ3n) is 6.46. The van der Waals surface area contributed by atoms with Crippen molar-refractivity contribution in [2.75, 3.05) is 6.54 Å². The molecule has 1 heterocycles. The van der Waals surface area contributed by atoms with Gasteiger partial charge in [-0.05, 0) is 53.8 Å². The summed E-state index contributed by atoms with van der Waals surface area (Å²) in [5, 5.41) is 27.7. The number of hydrogen-bond donors (Lipinski definition) is 4. The van der Waals surface area contributed by atoms with Crippen molar-refractivity contribution in [3.05, 3.63) is 95.1 Å². The smallest absolute Gasteiger partial charge is 0.265 e. The van der Waals surface area contributed by atoms with Crippen molar-refractivity contribution in [1.82, 2.24) is 30.9 Å². The molecular weight excluding hydrogens is 518 g/mol. The van der Waals surface area contributed by atoms with Gasteiger partial charge in [0.2, 0.25) is 12.1 Å². The zero-order valence-corrected chi connectivity index (χ0v) is 22.3. The van der Waals surface area contributed by atoms with Gasteiger partial charge in [0.05, 0.1) is 17.7 Å². The van der Waals surface area contributed by atoms with E-state index in [1.54, 1.807) is 24.3 Å². The molecule has 0 radical (unpaired) electrons. The molecule has 4 N–H and O–H groups in total. The summed E-state index contributed by atoms with van der Waals surface area (Å²) in [4.78, 5) is 25.5. The molecule has 0 saturated heterocycles. The van der Waals surface area contributed by atoms with Crippen LogP contribution < -0.4 is 16.0 Å². The second-order valence-electron chi connectivity index (χ2n) is 9.59. The van der Waals surface area contributed by atoms with Crippen molar-refractivity contribution in [2.45, 2.75) is 51.5 Å². The van der Waals surface area contributed by atoms with Gasteiger partial charge in [-0.3, -0.25) is 9.59 Å². The van der Waals surface area contributed by atoms with E-state index in [1.165, 1.54) is 17.2 Å². The summed E-state index contributed by atoms with van der Waals surface area (Å²) in [6, 6.07) is 17.0. The molecule has 1 aromatic heterocycles. The Morgan fingerprint density at radius 2 is 1.68 bits per heavy atom. The quantitative estimate of drug-likeness (QED) is 0.215. The molecule has 0 aliphatic rings. The van der Waals surface area contributed by atoms with Crippen LogP contribution in [-0.2, 0) is 29.0 Å². The van der Waals surface area contributed by atoms with Gasteiger partial charge in [0.15, 0.2) is 0 Å². The van der Waals surface area contributed by atoms with E-state index >= 15 is 0 Å². The first-order valence-corrected chi connectivity index (χ1v) is 13.0. The third kappa shape index (κ3) is 7.45. The highest BCUT2D eigenvalue weighted by Gasteiger charge is 2.29. The van der Waals surface area contributed by atoms with Gasteiger partial charge in [0.1, 0.15) is 17.2 Å². The van der Waals surface area contributed by atoms with Gasteiger partial charge >= 0.3 is 0 Å². The Labute approximate surface area is 230 Å². The van der Waals surface area contributed by atoms with Crippen LogP contribution in [0.25, 0.3) is 11.0 Å². The minimum Gasteiger partial charge on any atom is -0.390 e. The monoisotopic (exact) mass is 550 g/mol. The molecule has 11 heteroatoms. The number of aliphatic hydroxyl groups excluding tert-OH is 1. The molecule has 0 fully saturated rings. The van der Waals surface area contributed by atoms with E-state index in [9.17, 15) is 23.5 Å². The van der Waals surface area contributed by atoms with Crippen molar-refractivity contribution in [1.29, 1.82) is 0 Å². The average Bonchev–Trinajstić information content (AvgIpc) is 3.34. The largest absolute Gasteiger partial charge is 0.390 e. The number of aliphatic hydroxyl groups is 1. The molecule has 4 rings (SSSR count). The average molecular weight is 551 g/mol. The second kappa shape index (κ2) is 13.2. The highest BCUT2D eigenvalue weighted by atomic mass is 19.1. The fourth-order valence-electron chi connectivity index (χ4n) is 4.50. The minimum atomic E-state index is -1.28. The van der Waals surface area contributed by atoms with Crippen LogP contribution in [0.2, 0.25) is 0 Å². The van der Waals surface area contributed by atoms with Crippen LogP contribution in [0.3, 0.4) is 0 Å². The number of fused-ring (bicyclic) bond motifs is 1. The SMILES string of the molecule is CCc1cccc(CNC[C@@H](O)[C@H](Cc2cc(F)cc(F)c2)NC(=O)C(NC(C)=O)n2nnc3ccccc32)c1. The van der Waals surface area contributed by atoms with Gasteiger partial charge in [0, 0.05) is 26.1 Å². The van der Waals surface area contributed by atoms with Gasteiger partial charge in [-0.2, -0.15) is 0 Å². The molecule has 1 unspecified atom stereocenters. The lowest BCUT2D eigenvalue weighted by Gasteiger charge is -2.27. The third-order valence-corrected chi connectivity index (χ3v) is 6.46. The van der Waals surface area contributed by atoms with Crippen LogP contribution in [0.4, 0.5) is 8.78 Å². The van der Waals surface area contributed by atoms with Gasteiger partial charge in [-0.1, -0.05) is 48.5 Å². The minimum absolute atomic E-state index is 0.0700. The number of nitrogens with one attached hydrogen (secondary N) is 3. The van der Waals surface area contributed by atoms with E-state index in [4.69, 9.17) is 0 Å². The first-order valence-electron chi connectivity index (χ1n) is 13.0. The maximum Gasteiger partial charge on any atom is 0.265 e. The number of amides is 2. The predicted molar refractivity (Wildman–Crippen MR) is 146 cm³/mol. The molecule has 4 aromatic rings. The Morgan fingerprint density at radius 1 is 0.950 bits per heavy atom. The lowest BCUT2D eigenvalue weighted by atomic mass is 10.00. The van der Waals surface area contributed by atoms with Crippen molar-refractivity contribution in [3.63, 3.8) is 0 Å². The molecule has 0 aliphatic carbocycles. The molecule has 40 heavy (non-hydrogen) atoms. The number of carbonyl (C=O) groups is 2. The topological polar surface area (TPSA) is 121 Å².